The van der Waals surface area contributed by atoms with E-state index in [9.17, 15) is 8.42 Å². The SMILES string of the molecule is CCNC(=NCc1ccc(S(C)(=O)=O)c(C)c1)NCc1ccnc(N(C)C)c1.I. The number of aromatic nitrogens is 1. The third-order valence-corrected chi connectivity index (χ3v) is 5.39. The van der Waals surface area contributed by atoms with E-state index in [0.29, 0.717) is 23.9 Å². The van der Waals surface area contributed by atoms with Crippen LogP contribution in [-0.4, -0.2) is 46.3 Å². The van der Waals surface area contributed by atoms with Crippen LogP contribution in [0.4, 0.5) is 5.82 Å². The number of hydrogen-bond donors (Lipinski definition) is 2. The highest BCUT2D eigenvalue weighted by atomic mass is 127. The molecule has 1 heterocycles. The molecule has 0 aliphatic carbocycles. The highest BCUT2D eigenvalue weighted by Gasteiger charge is 2.10. The first-order chi connectivity index (χ1) is 13.2. The van der Waals surface area contributed by atoms with Gasteiger partial charge in [0, 0.05) is 39.6 Å². The van der Waals surface area contributed by atoms with Gasteiger partial charge in [0.05, 0.1) is 11.4 Å². The van der Waals surface area contributed by atoms with Crippen molar-refractivity contribution >= 4 is 45.6 Å². The summed E-state index contributed by atoms with van der Waals surface area (Å²) in [4.78, 5) is 11.3. The predicted molar refractivity (Wildman–Crippen MR) is 130 cm³/mol. The lowest BCUT2D eigenvalue weighted by Crippen LogP contribution is -2.36. The molecule has 0 spiro atoms. The minimum atomic E-state index is -3.21. The van der Waals surface area contributed by atoms with Crippen LogP contribution in [0.2, 0.25) is 0 Å². The monoisotopic (exact) mass is 531 g/mol. The van der Waals surface area contributed by atoms with Gasteiger partial charge in [-0.2, -0.15) is 0 Å². The number of anilines is 1. The van der Waals surface area contributed by atoms with Crippen LogP contribution in [0.1, 0.15) is 23.6 Å². The first kappa shape index (κ1) is 25.2. The van der Waals surface area contributed by atoms with E-state index in [0.717, 1.165) is 29.1 Å². The van der Waals surface area contributed by atoms with Gasteiger partial charge in [0.1, 0.15) is 5.82 Å². The van der Waals surface area contributed by atoms with Crippen molar-refractivity contribution in [3.8, 4) is 0 Å². The topological polar surface area (TPSA) is 86.7 Å². The van der Waals surface area contributed by atoms with Crippen molar-refractivity contribution in [1.29, 1.82) is 0 Å². The molecule has 0 bridgehead atoms. The van der Waals surface area contributed by atoms with E-state index in [-0.39, 0.29) is 24.0 Å². The van der Waals surface area contributed by atoms with Crippen LogP contribution in [0.15, 0.2) is 46.4 Å². The Labute approximate surface area is 191 Å². The number of halogens is 1. The third-order valence-electron chi connectivity index (χ3n) is 4.13. The zero-order chi connectivity index (χ0) is 20.7. The van der Waals surface area contributed by atoms with Gasteiger partial charge in [-0.25, -0.2) is 18.4 Å². The van der Waals surface area contributed by atoms with Crippen LogP contribution in [0.25, 0.3) is 0 Å². The lowest BCUT2D eigenvalue weighted by Gasteiger charge is -2.14. The van der Waals surface area contributed by atoms with Gasteiger partial charge < -0.3 is 15.5 Å². The molecule has 9 heteroatoms. The molecule has 0 amide bonds. The zero-order valence-electron chi connectivity index (χ0n) is 17.6. The maximum absolute atomic E-state index is 11.7. The lowest BCUT2D eigenvalue weighted by atomic mass is 10.1. The summed E-state index contributed by atoms with van der Waals surface area (Å²) in [5, 5.41) is 6.55. The molecule has 1 aromatic carbocycles. The van der Waals surface area contributed by atoms with E-state index in [1.807, 2.05) is 50.2 Å². The van der Waals surface area contributed by atoms with Crippen molar-refractivity contribution in [3.63, 3.8) is 0 Å². The van der Waals surface area contributed by atoms with Crippen LogP contribution >= 0.6 is 24.0 Å². The van der Waals surface area contributed by atoms with Gasteiger partial charge in [-0.3, -0.25) is 0 Å². The molecular formula is C20H30IN5O2S. The fourth-order valence-corrected chi connectivity index (χ4v) is 3.70. The van der Waals surface area contributed by atoms with Gasteiger partial charge in [-0.1, -0.05) is 12.1 Å². The Hall–Kier alpha value is -1.88. The summed E-state index contributed by atoms with van der Waals surface area (Å²) in [5.41, 5.74) is 2.81. The Morgan fingerprint density at radius 2 is 1.86 bits per heavy atom. The summed E-state index contributed by atoms with van der Waals surface area (Å²) in [5.74, 6) is 1.61. The van der Waals surface area contributed by atoms with Gasteiger partial charge in [-0.05, 0) is 48.7 Å². The van der Waals surface area contributed by atoms with Crippen molar-refractivity contribution in [2.75, 3.05) is 31.8 Å². The molecule has 29 heavy (non-hydrogen) atoms. The van der Waals surface area contributed by atoms with Crippen LogP contribution in [0, 0.1) is 6.92 Å². The van der Waals surface area contributed by atoms with E-state index in [1.54, 1.807) is 19.2 Å². The van der Waals surface area contributed by atoms with E-state index < -0.39 is 9.84 Å². The number of nitrogens with zero attached hydrogens (tertiary/aromatic N) is 3. The second-order valence-corrected chi connectivity index (χ2v) is 8.82. The summed E-state index contributed by atoms with van der Waals surface area (Å²) in [6, 6.07) is 9.33. The number of aliphatic imine (C=N–C) groups is 1. The molecule has 2 aromatic rings. The second-order valence-electron chi connectivity index (χ2n) is 6.84. The molecule has 2 rings (SSSR count). The van der Waals surface area contributed by atoms with Gasteiger partial charge in [0.25, 0.3) is 0 Å². The molecule has 0 saturated heterocycles. The number of benzene rings is 1. The van der Waals surface area contributed by atoms with Crippen LogP contribution in [0.3, 0.4) is 0 Å². The molecule has 0 aliphatic rings. The molecule has 0 radical (unpaired) electrons. The Morgan fingerprint density at radius 3 is 2.45 bits per heavy atom. The van der Waals surface area contributed by atoms with Crippen molar-refractivity contribution in [1.82, 2.24) is 15.6 Å². The first-order valence-corrected chi connectivity index (χ1v) is 11.0. The number of rotatable bonds is 7. The van der Waals surface area contributed by atoms with Gasteiger partial charge in [-0.15, -0.1) is 24.0 Å². The molecule has 0 aliphatic heterocycles. The molecular weight excluding hydrogens is 501 g/mol. The number of sulfone groups is 1. The minimum absolute atomic E-state index is 0. The molecule has 1 aromatic heterocycles. The molecule has 160 valence electrons. The van der Waals surface area contributed by atoms with Crippen molar-refractivity contribution in [2.45, 2.75) is 31.8 Å². The average Bonchev–Trinajstić information content (AvgIpc) is 2.63. The summed E-state index contributed by atoms with van der Waals surface area (Å²) >= 11 is 0. The molecule has 2 N–H and O–H groups in total. The molecule has 7 nitrogen and oxygen atoms in total. The Balaban J connectivity index is 0.00000420. The van der Waals surface area contributed by atoms with Crippen LogP contribution in [0.5, 0.6) is 0 Å². The maximum Gasteiger partial charge on any atom is 0.191 e. The Bertz CT molecular complexity index is 946. The third kappa shape index (κ3) is 7.81. The fourth-order valence-electron chi connectivity index (χ4n) is 2.74. The van der Waals surface area contributed by atoms with Crippen molar-refractivity contribution in [2.24, 2.45) is 4.99 Å². The Morgan fingerprint density at radius 1 is 1.14 bits per heavy atom. The quantitative estimate of drug-likeness (QED) is 0.325. The highest BCUT2D eigenvalue weighted by Crippen LogP contribution is 2.17. The smallest absolute Gasteiger partial charge is 0.191 e. The molecule has 0 saturated carbocycles. The van der Waals surface area contributed by atoms with Crippen LogP contribution in [-0.2, 0) is 22.9 Å². The summed E-state index contributed by atoms with van der Waals surface area (Å²) in [6.45, 7) is 5.65. The largest absolute Gasteiger partial charge is 0.363 e. The lowest BCUT2D eigenvalue weighted by molar-refractivity contribution is 0.601. The van der Waals surface area contributed by atoms with Crippen molar-refractivity contribution < 1.29 is 8.42 Å². The Kier molecular flexibility index (Phi) is 9.84. The van der Waals surface area contributed by atoms with Crippen molar-refractivity contribution in [3.05, 3.63) is 53.2 Å². The fraction of sp³-hybridized carbons (Fsp3) is 0.400. The minimum Gasteiger partial charge on any atom is -0.363 e. The summed E-state index contributed by atoms with van der Waals surface area (Å²) in [6.07, 6.45) is 3.02. The van der Waals surface area contributed by atoms with E-state index >= 15 is 0 Å². The van der Waals surface area contributed by atoms with Gasteiger partial charge in [0.15, 0.2) is 15.8 Å². The summed E-state index contributed by atoms with van der Waals surface area (Å²) in [7, 11) is 0.713. The molecule has 0 atom stereocenters. The normalized spacial score (nSPS) is 11.6. The second kappa shape index (κ2) is 11.3. The first-order valence-electron chi connectivity index (χ1n) is 9.14. The number of aryl methyl sites for hydroxylation is 1. The van der Waals surface area contributed by atoms with E-state index in [2.05, 4.69) is 20.6 Å². The highest BCUT2D eigenvalue weighted by molar-refractivity contribution is 14.0. The number of pyridine rings is 1. The number of guanidine groups is 1. The van der Waals surface area contributed by atoms with E-state index in [1.165, 1.54) is 6.26 Å². The van der Waals surface area contributed by atoms with E-state index in [4.69, 9.17) is 0 Å². The molecule has 0 unspecified atom stereocenters. The van der Waals surface area contributed by atoms with Crippen LogP contribution < -0.4 is 15.5 Å². The average molecular weight is 531 g/mol. The zero-order valence-corrected chi connectivity index (χ0v) is 20.7. The maximum atomic E-state index is 11.7. The standard InChI is InChI=1S/C20H29N5O2S.HI/c1-6-21-20(24-14-17-9-10-22-19(12-17)25(3)4)23-13-16-7-8-18(15(2)11-16)28(5,26)27;/h7-12H,6,13-14H2,1-5H3,(H2,21,23,24);1H. The number of hydrogen-bond acceptors (Lipinski definition) is 5. The molecule has 0 fully saturated rings. The van der Waals surface area contributed by atoms with Gasteiger partial charge >= 0.3 is 0 Å². The van der Waals surface area contributed by atoms with Gasteiger partial charge in [0.2, 0.25) is 0 Å². The predicted octanol–water partition coefficient (Wildman–Crippen LogP) is 2.73. The summed E-state index contributed by atoms with van der Waals surface area (Å²) < 4.78 is 23.5. The number of nitrogens with one attached hydrogen (secondary N) is 2.